The molecule has 0 aliphatic heterocycles. The first-order chi connectivity index (χ1) is 7.97. The number of amides is 2. The van der Waals surface area contributed by atoms with Crippen molar-refractivity contribution in [2.24, 2.45) is 0 Å². The number of imidazole rings is 1. The van der Waals surface area contributed by atoms with E-state index in [2.05, 4.69) is 20.6 Å². The van der Waals surface area contributed by atoms with Crippen molar-refractivity contribution in [1.29, 1.82) is 0 Å². The number of carbonyl (C=O) groups excluding carboxylic acids is 2. The molecule has 1 rings (SSSR count). The van der Waals surface area contributed by atoms with E-state index in [-0.39, 0.29) is 17.3 Å². The van der Waals surface area contributed by atoms with Crippen LogP contribution in [0.1, 0.15) is 27.9 Å². The molecule has 0 fully saturated rings. The molecule has 92 valence electrons. The predicted molar refractivity (Wildman–Crippen MR) is 56.5 cm³/mol. The van der Waals surface area contributed by atoms with Crippen LogP contribution in [0.25, 0.3) is 0 Å². The fourth-order valence-corrected chi connectivity index (χ4v) is 1.18. The van der Waals surface area contributed by atoms with Crippen molar-refractivity contribution >= 4 is 17.8 Å². The minimum absolute atomic E-state index is 0.256. The molecular weight excluding hydrogens is 228 g/mol. The number of aromatic carboxylic acids is 1. The van der Waals surface area contributed by atoms with Gasteiger partial charge in [-0.15, -0.1) is 0 Å². The first-order valence-electron chi connectivity index (χ1n) is 4.76. The second-order valence-corrected chi connectivity index (χ2v) is 3.24. The van der Waals surface area contributed by atoms with Crippen molar-refractivity contribution in [2.75, 3.05) is 7.05 Å². The summed E-state index contributed by atoms with van der Waals surface area (Å²) in [6.07, 6.45) is 1.10. The van der Waals surface area contributed by atoms with Crippen LogP contribution in [0.2, 0.25) is 0 Å². The molecule has 1 aromatic heterocycles. The van der Waals surface area contributed by atoms with Gasteiger partial charge in [-0.05, 0) is 6.92 Å². The van der Waals surface area contributed by atoms with Crippen molar-refractivity contribution in [3.05, 3.63) is 17.7 Å². The second-order valence-electron chi connectivity index (χ2n) is 3.24. The molecule has 17 heavy (non-hydrogen) atoms. The molecule has 0 spiro atoms. The molecule has 1 unspecified atom stereocenters. The Morgan fingerprint density at radius 2 is 2.12 bits per heavy atom. The highest BCUT2D eigenvalue weighted by Gasteiger charge is 2.22. The molecule has 8 heteroatoms. The largest absolute Gasteiger partial charge is 0.477 e. The van der Waals surface area contributed by atoms with Gasteiger partial charge in [0, 0.05) is 7.05 Å². The van der Waals surface area contributed by atoms with Crippen LogP contribution in [0.4, 0.5) is 0 Å². The maximum Gasteiger partial charge on any atom is 0.354 e. The molecule has 0 aromatic carbocycles. The Balaban J connectivity index is 2.80. The van der Waals surface area contributed by atoms with Gasteiger partial charge in [-0.1, -0.05) is 0 Å². The van der Waals surface area contributed by atoms with Crippen LogP contribution < -0.4 is 10.6 Å². The fourth-order valence-electron chi connectivity index (χ4n) is 1.18. The Hall–Kier alpha value is -2.38. The minimum Gasteiger partial charge on any atom is -0.477 e. The van der Waals surface area contributed by atoms with E-state index in [1.54, 1.807) is 0 Å². The van der Waals surface area contributed by atoms with Crippen LogP contribution in [-0.2, 0) is 4.79 Å². The van der Waals surface area contributed by atoms with Gasteiger partial charge in [-0.2, -0.15) is 0 Å². The number of rotatable bonds is 4. The number of carbonyl (C=O) groups is 3. The molecule has 8 nitrogen and oxygen atoms in total. The number of hydrogen-bond acceptors (Lipinski definition) is 4. The van der Waals surface area contributed by atoms with Crippen molar-refractivity contribution in [3.8, 4) is 0 Å². The summed E-state index contributed by atoms with van der Waals surface area (Å²) in [6.45, 7) is 1.48. The Morgan fingerprint density at radius 1 is 1.47 bits per heavy atom. The van der Waals surface area contributed by atoms with Gasteiger partial charge >= 0.3 is 5.97 Å². The van der Waals surface area contributed by atoms with E-state index < -0.39 is 17.9 Å². The number of H-pyrrole nitrogens is 1. The average Bonchev–Trinajstić information content (AvgIpc) is 2.76. The molecule has 0 saturated carbocycles. The lowest BCUT2D eigenvalue weighted by Crippen LogP contribution is -2.44. The summed E-state index contributed by atoms with van der Waals surface area (Å²) in [4.78, 5) is 39.4. The molecule has 1 heterocycles. The van der Waals surface area contributed by atoms with Gasteiger partial charge < -0.3 is 20.7 Å². The summed E-state index contributed by atoms with van der Waals surface area (Å²) in [5.41, 5.74) is -0.570. The van der Waals surface area contributed by atoms with E-state index in [9.17, 15) is 14.4 Å². The predicted octanol–water partition coefficient (Wildman–Crippen LogP) is -1.03. The molecule has 0 radical (unpaired) electrons. The molecule has 1 aromatic rings. The number of nitrogens with zero attached hydrogens (tertiary/aromatic N) is 1. The van der Waals surface area contributed by atoms with Crippen LogP contribution in [-0.4, -0.2) is 45.9 Å². The van der Waals surface area contributed by atoms with Gasteiger partial charge in [0.05, 0.1) is 6.33 Å². The Kier molecular flexibility index (Phi) is 3.81. The van der Waals surface area contributed by atoms with Crippen LogP contribution >= 0.6 is 0 Å². The third kappa shape index (κ3) is 2.80. The highest BCUT2D eigenvalue weighted by atomic mass is 16.4. The third-order valence-electron chi connectivity index (χ3n) is 2.06. The standard InChI is InChI=1S/C9H12N4O4/c1-4(7(14)10-2)13-8(15)5-6(9(16)17)12-3-11-5/h3-4H,1-2H3,(H,10,14)(H,11,12)(H,13,15)(H,16,17). The molecule has 0 aliphatic carbocycles. The number of nitrogens with one attached hydrogen (secondary N) is 3. The summed E-state index contributed by atoms with van der Waals surface area (Å²) in [7, 11) is 1.43. The number of hydrogen-bond donors (Lipinski definition) is 4. The maximum absolute atomic E-state index is 11.6. The number of carboxylic acid groups (broad SMARTS) is 1. The van der Waals surface area contributed by atoms with Crippen LogP contribution in [0.15, 0.2) is 6.33 Å². The zero-order valence-electron chi connectivity index (χ0n) is 9.27. The zero-order chi connectivity index (χ0) is 13.0. The number of likely N-dealkylation sites (N-methyl/N-ethyl adjacent to an activating group) is 1. The van der Waals surface area contributed by atoms with Gasteiger partial charge in [0.25, 0.3) is 5.91 Å². The highest BCUT2D eigenvalue weighted by Crippen LogP contribution is 2.02. The Morgan fingerprint density at radius 3 is 2.65 bits per heavy atom. The molecule has 4 N–H and O–H groups in total. The summed E-state index contributed by atoms with van der Waals surface area (Å²) >= 11 is 0. The first-order valence-corrected chi connectivity index (χ1v) is 4.76. The molecule has 0 saturated heterocycles. The van der Waals surface area contributed by atoms with E-state index in [0.717, 1.165) is 6.33 Å². The van der Waals surface area contributed by atoms with Crippen molar-refractivity contribution in [3.63, 3.8) is 0 Å². The van der Waals surface area contributed by atoms with E-state index in [0.29, 0.717) is 0 Å². The SMILES string of the molecule is CNC(=O)C(C)NC(=O)c1nc[nH]c1C(=O)O. The Bertz CT molecular complexity index is 454. The quantitative estimate of drug-likeness (QED) is 0.535. The molecule has 2 amide bonds. The molecule has 1 atom stereocenters. The van der Waals surface area contributed by atoms with E-state index in [1.807, 2.05) is 0 Å². The van der Waals surface area contributed by atoms with Crippen molar-refractivity contribution in [2.45, 2.75) is 13.0 Å². The van der Waals surface area contributed by atoms with Crippen LogP contribution in [0.5, 0.6) is 0 Å². The topological polar surface area (TPSA) is 124 Å². The Labute approximate surface area is 96.4 Å². The van der Waals surface area contributed by atoms with Crippen molar-refractivity contribution in [1.82, 2.24) is 20.6 Å². The fraction of sp³-hybridized carbons (Fsp3) is 0.333. The van der Waals surface area contributed by atoms with Gasteiger partial charge in [0.2, 0.25) is 5.91 Å². The first kappa shape index (κ1) is 12.7. The number of aromatic nitrogens is 2. The lowest BCUT2D eigenvalue weighted by molar-refractivity contribution is -0.122. The maximum atomic E-state index is 11.6. The lowest BCUT2D eigenvalue weighted by Gasteiger charge is -2.11. The summed E-state index contributed by atoms with van der Waals surface area (Å²) < 4.78 is 0. The van der Waals surface area contributed by atoms with Gasteiger partial charge in [0.15, 0.2) is 11.4 Å². The van der Waals surface area contributed by atoms with E-state index >= 15 is 0 Å². The van der Waals surface area contributed by atoms with Gasteiger partial charge in [-0.3, -0.25) is 9.59 Å². The van der Waals surface area contributed by atoms with Gasteiger partial charge in [0.1, 0.15) is 6.04 Å². The lowest BCUT2D eigenvalue weighted by atomic mass is 10.2. The van der Waals surface area contributed by atoms with Crippen LogP contribution in [0.3, 0.4) is 0 Å². The second kappa shape index (κ2) is 5.10. The minimum atomic E-state index is -1.29. The van der Waals surface area contributed by atoms with E-state index in [4.69, 9.17) is 5.11 Å². The monoisotopic (exact) mass is 240 g/mol. The smallest absolute Gasteiger partial charge is 0.354 e. The summed E-state index contributed by atoms with van der Waals surface area (Å²) in [5.74, 6) is -2.40. The summed E-state index contributed by atoms with van der Waals surface area (Å²) in [5, 5.41) is 13.4. The number of aromatic amines is 1. The average molecular weight is 240 g/mol. The number of carboxylic acids is 1. The third-order valence-corrected chi connectivity index (χ3v) is 2.06. The summed E-state index contributed by atoms with van der Waals surface area (Å²) in [6, 6.07) is -0.772. The van der Waals surface area contributed by atoms with Crippen molar-refractivity contribution < 1.29 is 19.5 Å². The van der Waals surface area contributed by atoms with E-state index in [1.165, 1.54) is 14.0 Å². The zero-order valence-corrected chi connectivity index (χ0v) is 9.27. The normalized spacial score (nSPS) is 11.6. The van der Waals surface area contributed by atoms with Crippen LogP contribution in [0, 0.1) is 0 Å². The molecule has 0 bridgehead atoms. The molecular formula is C9H12N4O4. The highest BCUT2D eigenvalue weighted by molar-refractivity contribution is 6.03. The molecule has 0 aliphatic rings. The van der Waals surface area contributed by atoms with Gasteiger partial charge in [-0.25, -0.2) is 9.78 Å².